The Kier molecular flexibility index (Phi) is 37.5. The maximum absolute atomic E-state index is 5.50. The minimum atomic E-state index is 0.897. The van der Waals surface area contributed by atoms with E-state index in [4.69, 9.17) is 9.98 Å². The SMILES string of the molecule is CCCCCCCCCCCCCCCCCCCCCCCCCC#CC(=Nc1cc(CCCC)cc(CCCC)c1)C(CCCCC)=Nc1cc(CCCC)cc(CCCC)c1. The van der Waals surface area contributed by atoms with Crippen LogP contribution in [0.2, 0.25) is 0 Å². The molecule has 0 fully saturated rings. The van der Waals surface area contributed by atoms with E-state index in [0.29, 0.717) is 0 Å². The Morgan fingerprint density at radius 3 is 0.969 bits per heavy atom. The minimum Gasteiger partial charge on any atom is -0.250 e. The van der Waals surface area contributed by atoms with Crippen LogP contribution in [-0.4, -0.2) is 11.4 Å². The van der Waals surface area contributed by atoms with Crippen molar-refractivity contribution in [2.45, 2.75) is 298 Å². The van der Waals surface area contributed by atoms with Crippen LogP contribution < -0.4 is 0 Å². The molecule has 0 aliphatic heterocycles. The van der Waals surface area contributed by atoms with Gasteiger partial charge in [0.15, 0.2) is 0 Å². The molecule has 0 atom stereocenters. The van der Waals surface area contributed by atoms with Gasteiger partial charge < -0.3 is 0 Å². The molecule has 2 rings (SSSR count). The number of aryl methyl sites for hydroxylation is 4. The number of nitrogens with zero attached hydrogens (tertiary/aromatic N) is 2. The van der Waals surface area contributed by atoms with E-state index in [1.165, 1.54) is 234 Å². The maximum Gasteiger partial charge on any atom is 0.135 e. The molecule has 0 aliphatic carbocycles. The van der Waals surface area contributed by atoms with E-state index in [9.17, 15) is 0 Å². The van der Waals surface area contributed by atoms with Gasteiger partial charge in [0.1, 0.15) is 5.71 Å². The third-order valence-electron chi connectivity index (χ3n) is 13.3. The molecule has 64 heavy (non-hydrogen) atoms. The van der Waals surface area contributed by atoms with Crippen molar-refractivity contribution in [1.29, 1.82) is 0 Å². The topological polar surface area (TPSA) is 24.7 Å². The first-order valence-electron chi connectivity index (χ1n) is 28.5. The fraction of sp³-hybridized carbons (Fsp3) is 0.742. The van der Waals surface area contributed by atoms with Crippen LogP contribution in [0.5, 0.6) is 0 Å². The van der Waals surface area contributed by atoms with Crippen molar-refractivity contribution >= 4 is 22.8 Å². The second-order valence-electron chi connectivity index (χ2n) is 19.7. The molecule has 0 spiro atoms. The second kappa shape index (κ2) is 41.7. The lowest BCUT2D eigenvalue weighted by Crippen LogP contribution is -2.12. The smallest absolute Gasteiger partial charge is 0.135 e. The highest BCUT2D eigenvalue weighted by Crippen LogP contribution is 2.25. The Hall–Kier alpha value is -2.66. The van der Waals surface area contributed by atoms with Gasteiger partial charge in [0.05, 0.1) is 17.1 Å². The fourth-order valence-corrected chi connectivity index (χ4v) is 9.08. The quantitative estimate of drug-likeness (QED) is 0.0361. The van der Waals surface area contributed by atoms with Gasteiger partial charge in [-0.25, -0.2) is 4.99 Å². The molecule has 0 bridgehead atoms. The van der Waals surface area contributed by atoms with Crippen molar-refractivity contribution < 1.29 is 0 Å². The first kappa shape index (κ1) is 57.5. The number of rotatable bonds is 42. The van der Waals surface area contributed by atoms with Crippen LogP contribution in [0.15, 0.2) is 46.4 Å². The predicted molar refractivity (Wildman–Crippen MR) is 290 cm³/mol. The summed E-state index contributed by atoms with van der Waals surface area (Å²) in [5, 5.41) is 0. The van der Waals surface area contributed by atoms with Gasteiger partial charge in [-0.05, 0) is 123 Å². The van der Waals surface area contributed by atoms with Crippen LogP contribution in [0.1, 0.15) is 295 Å². The third kappa shape index (κ3) is 30.5. The minimum absolute atomic E-state index is 0.897. The fourth-order valence-electron chi connectivity index (χ4n) is 9.08. The Bertz CT molecular complexity index is 1460. The normalized spacial score (nSPS) is 12.0. The van der Waals surface area contributed by atoms with Crippen molar-refractivity contribution in [2.24, 2.45) is 9.98 Å². The van der Waals surface area contributed by atoms with Crippen LogP contribution in [0.3, 0.4) is 0 Å². The summed E-state index contributed by atoms with van der Waals surface area (Å²) in [6.45, 7) is 13.8. The molecular weight excluding hydrogens is 773 g/mol. The van der Waals surface area contributed by atoms with Gasteiger partial charge in [0.2, 0.25) is 0 Å². The second-order valence-corrected chi connectivity index (χ2v) is 19.7. The van der Waals surface area contributed by atoms with Crippen LogP contribution in [0.4, 0.5) is 11.4 Å². The molecule has 2 nitrogen and oxygen atoms in total. The van der Waals surface area contributed by atoms with Crippen LogP contribution >= 0.6 is 0 Å². The van der Waals surface area contributed by atoms with Crippen molar-refractivity contribution in [3.63, 3.8) is 0 Å². The Labute approximate surface area is 400 Å². The average Bonchev–Trinajstić information content (AvgIpc) is 3.30. The molecule has 2 heteroatoms. The van der Waals surface area contributed by atoms with E-state index in [1.807, 2.05) is 0 Å². The molecule has 0 saturated carbocycles. The monoisotopic (exact) mass is 877 g/mol. The molecule has 0 N–H and O–H groups in total. The molecule has 0 saturated heterocycles. The van der Waals surface area contributed by atoms with Crippen molar-refractivity contribution in [2.75, 3.05) is 0 Å². The third-order valence-corrected chi connectivity index (χ3v) is 13.3. The number of benzene rings is 2. The molecule has 0 aliphatic rings. The van der Waals surface area contributed by atoms with E-state index >= 15 is 0 Å². The molecule has 0 radical (unpaired) electrons. The van der Waals surface area contributed by atoms with Gasteiger partial charge in [-0.1, -0.05) is 239 Å². The van der Waals surface area contributed by atoms with Crippen molar-refractivity contribution in [3.05, 3.63) is 58.7 Å². The zero-order chi connectivity index (χ0) is 46.0. The molecule has 2 aromatic carbocycles. The summed E-state index contributed by atoms with van der Waals surface area (Å²) in [6, 6.07) is 14.3. The Balaban J connectivity index is 1.99. The molecule has 0 aromatic heterocycles. The molecular formula is C62H104N2. The summed E-state index contributed by atoms with van der Waals surface area (Å²) in [5.74, 6) is 7.31. The first-order valence-corrected chi connectivity index (χ1v) is 28.5. The zero-order valence-corrected chi connectivity index (χ0v) is 43.6. The van der Waals surface area contributed by atoms with Crippen molar-refractivity contribution in [1.82, 2.24) is 0 Å². The predicted octanol–water partition coefficient (Wildman–Crippen LogP) is 20.9. The lowest BCUT2D eigenvalue weighted by molar-refractivity contribution is 0.518. The van der Waals surface area contributed by atoms with Crippen LogP contribution in [0.25, 0.3) is 0 Å². The standard InChI is InChI=1S/C62H104N2/c1-7-13-19-20-21-22-23-24-25-26-27-28-29-30-31-32-33-34-35-36-37-38-39-40-42-48-62(64-60-53-57(45-17-11-5)50-58(54-60)46-18-12-6)61(47-41-14-8-2)63-59-51-55(43-15-9-3)49-56(52-59)44-16-10-4/h49-54H,7-41,43-47H2,1-6H3. The molecule has 0 heterocycles. The Morgan fingerprint density at radius 1 is 0.328 bits per heavy atom. The summed E-state index contributed by atoms with van der Waals surface area (Å²) in [7, 11) is 0. The van der Waals surface area contributed by atoms with E-state index in [0.717, 1.165) is 67.7 Å². The summed E-state index contributed by atoms with van der Waals surface area (Å²) in [4.78, 5) is 11.0. The highest BCUT2D eigenvalue weighted by Gasteiger charge is 2.12. The van der Waals surface area contributed by atoms with E-state index in [2.05, 4.69) is 89.8 Å². The molecule has 362 valence electrons. The first-order chi connectivity index (χ1) is 31.6. The molecule has 2 aromatic rings. The number of hydrogen-bond donors (Lipinski definition) is 0. The lowest BCUT2D eigenvalue weighted by atomic mass is 10.00. The molecule has 0 amide bonds. The molecule has 0 unspecified atom stereocenters. The average molecular weight is 878 g/mol. The van der Waals surface area contributed by atoms with Crippen molar-refractivity contribution in [3.8, 4) is 11.8 Å². The number of hydrogen-bond acceptors (Lipinski definition) is 2. The summed E-state index contributed by atoms with van der Waals surface area (Å²) < 4.78 is 0. The largest absolute Gasteiger partial charge is 0.250 e. The van der Waals surface area contributed by atoms with E-state index in [1.54, 1.807) is 0 Å². The zero-order valence-electron chi connectivity index (χ0n) is 43.6. The van der Waals surface area contributed by atoms with Crippen LogP contribution in [0, 0.1) is 11.8 Å². The van der Waals surface area contributed by atoms with Gasteiger partial charge in [-0.3, -0.25) is 4.99 Å². The van der Waals surface area contributed by atoms with Gasteiger partial charge in [-0.15, -0.1) is 0 Å². The van der Waals surface area contributed by atoms with Gasteiger partial charge in [-0.2, -0.15) is 0 Å². The summed E-state index contributed by atoms with van der Waals surface area (Å²) >= 11 is 0. The number of aliphatic imine (C=N–C) groups is 2. The summed E-state index contributed by atoms with van der Waals surface area (Å²) in [6.07, 6.45) is 52.2. The summed E-state index contributed by atoms with van der Waals surface area (Å²) in [5.41, 5.74) is 9.82. The van der Waals surface area contributed by atoms with E-state index < -0.39 is 0 Å². The highest BCUT2D eigenvalue weighted by atomic mass is 14.8. The Morgan fingerprint density at radius 2 is 0.625 bits per heavy atom. The van der Waals surface area contributed by atoms with Gasteiger partial charge in [0, 0.05) is 6.42 Å². The van der Waals surface area contributed by atoms with Gasteiger partial charge >= 0.3 is 0 Å². The van der Waals surface area contributed by atoms with E-state index in [-0.39, 0.29) is 0 Å². The van der Waals surface area contributed by atoms with Crippen LogP contribution in [-0.2, 0) is 25.7 Å². The lowest BCUT2D eigenvalue weighted by Gasteiger charge is -2.11. The highest BCUT2D eigenvalue weighted by molar-refractivity contribution is 6.49. The maximum atomic E-state index is 5.50. The van der Waals surface area contributed by atoms with Gasteiger partial charge in [0.25, 0.3) is 0 Å². The number of unbranched alkanes of at least 4 members (excludes halogenated alkanes) is 29.